The van der Waals surface area contributed by atoms with Crippen LogP contribution in [0.4, 0.5) is 11.4 Å². The maximum absolute atomic E-state index is 11.3. The van der Waals surface area contributed by atoms with Gasteiger partial charge in [-0.25, -0.2) is 0 Å². The number of nitro groups is 2. The lowest BCUT2D eigenvalue weighted by molar-refractivity contribution is -0.394. The van der Waals surface area contributed by atoms with Gasteiger partial charge in [-0.15, -0.1) is 0 Å². The van der Waals surface area contributed by atoms with E-state index < -0.39 is 33.1 Å². The minimum absolute atomic E-state index is 0.0323. The third kappa shape index (κ3) is 4.21. The Morgan fingerprint density at radius 3 is 2.38 bits per heavy atom. The fourth-order valence-corrected chi connectivity index (χ4v) is 2.00. The summed E-state index contributed by atoms with van der Waals surface area (Å²) in [4.78, 5) is 31.4. The van der Waals surface area contributed by atoms with E-state index in [2.05, 4.69) is 0 Å². The van der Waals surface area contributed by atoms with Crippen LogP contribution in [0.25, 0.3) is 0 Å². The standard InChI is InChI=1S/C12H15N3O6/c13-6-2-1-3-10(12(16)17)9-5-4-8(14(18)19)7-11(9)15(20)21/h4-5,7,10H,1-3,6,13H2,(H,16,17)/t10-/m1/s1. The highest BCUT2D eigenvalue weighted by molar-refractivity contribution is 5.78. The smallest absolute Gasteiger partial charge is 0.311 e. The van der Waals surface area contributed by atoms with E-state index in [1.54, 1.807) is 0 Å². The highest BCUT2D eigenvalue weighted by atomic mass is 16.6. The number of nitro benzene ring substituents is 2. The summed E-state index contributed by atoms with van der Waals surface area (Å²) in [6, 6.07) is 2.99. The van der Waals surface area contributed by atoms with Crippen molar-refractivity contribution in [2.24, 2.45) is 5.73 Å². The molecule has 114 valence electrons. The number of carboxylic acids is 1. The van der Waals surface area contributed by atoms with Crippen molar-refractivity contribution in [3.8, 4) is 0 Å². The average molecular weight is 297 g/mol. The van der Waals surface area contributed by atoms with E-state index in [1.165, 1.54) is 0 Å². The van der Waals surface area contributed by atoms with Crippen molar-refractivity contribution in [3.63, 3.8) is 0 Å². The highest BCUT2D eigenvalue weighted by Crippen LogP contribution is 2.33. The van der Waals surface area contributed by atoms with E-state index in [-0.39, 0.29) is 12.0 Å². The van der Waals surface area contributed by atoms with Crippen LogP contribution in [0.15, 0.2) is 18.2 Å². The molecule has 0 amide bonds. The van der Waals surface area contributed by atoms with Crippen molar-refractivity contribution >= 4 is 17.3 Å². The van der Waals surface area contributed by atoms with Gasteiger partial charge in [-0.05, 0) is 25.5 Å². The van der Waals surface area contributed by atoms with Gasteiger partial charge in [-0.3, -0.25) is 25.0 Å². The number of hydrogen-bond donors (Lipinski definition) is 2. The van der Waals surface area contributed by atoms with Crippen LogP contribution in [0.2, 0.25) is 0 Å². The van der Waals surface area contributed by atoms with Gasteiger partial charge in [0.2, 0.25) is 0 Å². The summed E-state index contributed by atoms with van der Waals surface area (Å²) >= 11 is 0. The lowest BCUT2D eigenvalue weighted by atomic mass is 9.92. The Labute approximate surface area is 119 Å². The number of hydrogen-bond acceptors (Lipinski definition) is 6. The van der Waals surface area contributed by atoms with Gasteiger partial charge in [0.25, 0.3) is 11.4 Å². The minimum Gasteiger partial charge on any atom is -0.481 e. The lowest BCUT2D eigenvalue weighted by Crippen LogP contribution is -2.14. The molecule has 0 bridgehead atoms. The molecule has 0 aliphatic rings. The first-order valence-electron chi connectivity index (χ1n) is 6.24. The van der Waals surface area contributed by atoms with Crippen LogP contribution >= 0.6 is 0 Å². The van der Waals surface area contributed by atoms with Crippen LogP contribution in [0, 0.1) is 20.2 Å². The summed E-state index contributed by atoms with van der Waals surface area (Å²) in [5.74, 6) is -2.29. The molecule has 0 saturated heterocycles. The molecule has 0 aliphatic carbocycles. The molecule has 0 fully saturated rings. The SMILES string of the molecule is NCCCC[C@@H](C(=O)O)c1ccc([N+](=O)[O-])cc1[N+](=O)[O-]. The van der Waals surface area contributed by atoms with Crippen LogP contribution in [-0.2, 0) is 4.79 Å². The Morgan fingerprint density at radius 2 is 1.90 bits per heavy atom. The number of non-ortho nitro benzene ring substituents is 1. The second-order valence-electron chi connectivity index (χ2n) is 4.43. The maximum Gasteiger partial charge on any atom is 0.311 e. The van der Waals surface area contributed by atoms with Gasteiger partial charge in [0, 0.05) is 11.6 Å². The third-order valence-electron chi connectivity index (χ3n) is 3.04. The van der Waals surface area contributed by atoms with Gasteiger partial charge < -0.3 is 10.8 Å². The quantitative estimate of drug-likeness (QED) is 0.422. The first-order chi connectivity index (χ1) is 9.88. The van der Waals surface area contributed by atoms with E-state index in [9.17, 15) is 30.1 Å². The molecule has 0 aliphatic heterocycles. The number of carbonyl (C=O) groups is 1. The molecule has 0 radical (unpaired) electrons. The van der Waals surface area contributed by atoms with E-state index in [1.807, 2.05) is 0 Å². The van der Waals surface area contributed by atoms with E-state index >= 15 is 0 Å². The molecule has 1 aromatic carbocycles. The molecule has 0 aromatic heterocycles. The zero-order valence-corrected chi connectivity index (χ0v) is 11.1. The van der Waals surface area contributed by atoms with E-state index in [0.717, 1.165) is 18.2 Å². The van der Waals surface area contributed by atoms with Crippen molar-refractivity contribution in [3.05, 3.63) is 44.0 Å². The molecule has 21 heavy (non-hydrogen) atoms. The fourth-order valence-electron chi connectivity index (χ4n) is 2.00. The van der Waals surface area contributed by atoms with Crippen LogP contribution in [0.3, 0.4) is 0 Å². The normalized spacial score (nSPS) is 11.9. The van der Waals surface area contributed by atoms with Crippen molar-refractivity contribution in [2.45, 2.75) is 25.2 Å². The van der Waals surface area contributed by atoms with Crippen LogP contribution in [0.1, 0.15) is 30.7 Å². The van der Waals surface area contributed by atoms with Crippen LogP contribution in [-0.4, -0.2) is 27.5 Å². The molecule has 9 heteroatoms. The highest BCUT2D eigenvalue weighted by Gasteiger charge is 2.29. The average Bonchev–Trinajstić information content (AvgIpc) is 2.42. The molecule has 1 rings (SSSR count). The minimum atomic E-state index is -1.20. The lowest BCUT2D eigenvalue weighted by Gasteiger charge is -2.12. The summed E-state index contributed by atoms with van der Waals surface area (Å²) in [7, 11) is 0. The number of nitrogens with zero attached hydrogens (tertiary/aromatic N) is 2. The molecule has 0 spiro atoms. The summed E-state index contributed by atoms with van der Waals surface area (Å²) in [5, 5.41) is 30.9. The number of nitrogens with two attached hydrogens (primary N) is 1. The van der Waals surface area contributed by atoms with Gasteiger partial charge in [0.05, 0.1) is 21.8 Å². The van der Waals surface area contributed by atoms with Crippen molar-refractivity contribution in [1.29, 1.82) is 0 Å². The van der Waals surface area contributed by atoms with Gasteiger partial charge in [0.15, 0.2) is 0 Å². The van der Waals surface area contributed by atoms with Crippen LogP contribution < -0.4 is 5.73 Å². The Morgan fingerprint density at radius 1 is 1.24 bits per heavy atom. The molecule has 0 heterocycles. The summed E-state index contributed by atoms with van der Waals surface area (Å²) in [5.41, 5.74) is 4.30. The number of rotatable bonds is 8. The third-order valence-corrected chi connectivity index (χ3v) is 3.04. The number of unbranched alkanes of at least 4 members (excludes halogenated alkanes) is 1. The topological polar surface area (TPSA) is 150 Å². The molecule has 0 saturated carbocycles. The molecule has 1 aromatic rings. The summed E-state index contributed by atoms with van der Waals surface area (Å²) in [6.45, 7) is 0.398. The number of aliphatic carboxylic acids is 1. The van der Waals surface area contributed by atoms with Gasteiger partial charge in [-0.1, -0.05) is 6.42 Å². The molecule has 3 N–H and O–H groups in total. The molecular formula is C12H15N3O6. The first-order valence-corrected chi connectivity index (χ1v) is 6.24. The zero-order valence-electron chi connectivity index (χ0n) is 11.1. The number of carboxylic acid groups (broad SMARTS) is 1. The predicted octanol–water partition coefficient (Wildman–Crippen LogP) is 1.80. The fraction of sp³-hybridized carbons (Fsp3) is 0.417. The second-order valence-corrected chi connectivity index (χ2v) is 4.43. The Kier molecular flexibility index (Phi) is 5.73. The molecule has 0 unspecified atom stereocenters. The predicted molar refractivity (Wildman–Crippen MR) is 73.0 cm³/mol. The Balaban J connectivity index is 3.20. The van der Waals surface area contributed by atoms with Crippen molar-refractivity contribution < 1.29 is 19.7 Å². The van der Waals surface area contributed by atoms with Gasteiger partial charge >= 0.3 is 5.97 Å². The van der Waals surface area contributed by atoms with E-state index in [4.69, 9.17) is 5.73 Å². The van der Waals surface area contributed by atoms with E-state index in [0.29, 0.717) is 19.4 Å². The second kappa shape index (κ2) is 7.29. The van der Waals surface area contributed by atoms with Gasteiger partial charge in [0.1, 0.15) is 0 Å². The molecule has 9 nitrogen and oxygen atoms in total. The van der Waals surface area contributed by atoms with Gasteiger partial charge in [-0.2, -0.15) is 0 Å². The first kappa shape index (κ1) is 16.5. The molecule has 1 atom stereocenters. The summed E-state index contributed by atoms with van der Waals surface area (Å²) in [6.07, 6.45) is 1.29. The Bertz CT molecular complexity index is 560. The zero-order chi connectivity index (χ0) is 16.0. The van der Waals surface area contributed by atoms with Crippen molar-refractivity contribution in [2.75, 3.05) is 6.54 Å². The summed E-state index contributed by atoms with van der Waals surface area (Å²) < 4.78 is 0. The molecular weight excluding hydrogens is 282 g/mol. The largest absolute Gasteiger partial charge is 0.481 e. The Hall–Kier alpha value is -2.55. The maximum atomic E-state index is 11.3. The number of benzene rings is 1. The van der Waals surface area contributed by atoms with Crippen LogP contribution in [0.5, 0.6) is 0 Å². The monoisotopic (exact) mass is 297 g/mol. The van der Waals surface area contributed by atoms with Crippen molar-refractivity contribution in [1.82, 2.24) is 0 Å².